The van der Waals surface area contributed by atoms with Gasteiger partial charge in [0.25, 0.3) is 0 Å². The first-order valence-corrected chi connectivity index (χ1v) is 10.3. The van der Waals surface area contributed by atoms with Crippen LogP contribution in [0.4, 0.5) is 0 Å². The van der Waals surface area contributed by atoms with Crippen LogP contribution in [0.5, 0.6) is 11.5 Å². The summed E-state index contributed by atoms with van der Waals surface area (Å²) in [6.45, 7) is 3.17. The second-order valence-electron chi connectivity index (χ2n) is 7.49. The minimum atomic E-state index is -1.13. The van der Waals surface area contributed by atoms with Crippen LogP contribution in [-0.4, -0.2) is 48.1 Å². The van der Waals surface area contributed by atoms with Gasteiger partial charge in [-0.3, -0.25) is 14.9 Å². The maximum absolute atomic E-state index is 13.0. The molecule has 2 aromatic carbocycles. The quantitative estimate of drug-likeness (QED) is 0.578. The van der Waals surface area contributed by atoms with Gasteiger partial charge in [0.2, 0.25) is 11.9 Å². The van der Waals surface area contributed by atoms with Crippen LogP contribution in [0.1, 0.15) is 29.7 Å². The molecule has 2 aliphatic rings. The molecule has 2 atom stereocenters. The van der Waals surface area contributed by atoms with E-state index in [1.807, 2.05) is 17.0 Å². The van der Waals surface area contributed by atoms with Crippen molar-refractivity contribution < 1.29 is 24.2 Å². The van der Waals surface area contributed by atoms with Crippen molar-refractivity contribution in [2.45, 2.75) is 25.9 Å². The van der Waals surface area contributed by atoms with Crippen molar-refractivity contribution in [2.75, 3.05) is 20.3 Å². The van der Waals surface area contributed by atoms with Crippen LogP contribution in [-0.2, 0) is 27.3 Å². The molecule has 0 aliphatic carbocycles. The Labute approximate surface area is 180 Å². The molecule has 1 amide bonds. The number of ether oxygens (including phenoxy) is 2. The number of phenolic OH excluding ortho intramolecular Hbond substituents is 1. The summed E-state index contributed by atoms with van der Waals surface area (Å²) in [6, 6.07) is 12.1. The van der Waals surface area contributed by atoms with Gasteiger partial charge in [-0.25, -0.2) is 4.99 Å². The number of benzene rings is 2. The molecule has 8 heteroatoms. The van der Waals surface area contributed by atoms with Crippen LogP contribution >= 0.6 is 0 Å². The lowest BCUT2D eigenvalue weighted by Crippen LogP contribution is -2.53. The molecule has 0 fully saturated rings. The van der Waals surface area contributed by atoms with E-state index >= 15 is 0 Å². The van der Waals surface area contributed by atoms with Crippen LogP contribution in [0.2, 0.25) is 0 Å². The number of nitrogens with zero attached hydrogens (tertiary/aromatic N) is 2. The molecule has 162 valence electrons. The Hall–Kier alpha value is -3.55. The first-order chi connectivity index (χ1) is 15.0. The number of phenols is 1. The summed E-state index contributed by atoms with van der Waals surface area (Å²) in [5.41, 5.74) is 3.05. The fourth-order valence-corrected chi connectivity index (χ4v) is 4.02. The first kappa shape index (κ1) is 20.7. The second kappa shape index (κ2) is 8.67. The molecule has 0 saturated heterocycles. The third-order valence-corrected chi connectivity index (χ3v) is 5.61. The Morgan fingerprint density at radius 2 is 2.03 bits per heavy atom. The van der Waals surface area contributed by atoms with Crippen LogP contribution in [0.25, 0.3) is 0 Å². The van der Waals surface area contributed by atoms with Crippen molar-refractivity contribution in [3.8, 4) is 11.5 Å². The summed E-state index contributed by atoms with van der Waals surface area (Å²) < 4.78 is 10.4. The Kier molecular flexibility index (Phi) is 5.79. The molecule has 8 nitrogen and oxygen atoms in total. The molecule has 0 saturated carbocycles. The fourth-order valence-electron chi connectivity index (χ4n) is 4.02. The number of amides is 1. The van der Waals surface area contributed by atoms with E-state index in [9.17, 15) is 14.7 Å². The topological polar surface area (TPSA) is 100 Å². The number of guanidine groups is 1. The molecule has 31 heavy (non-hydrogen) atoms. The lowest BCUT2D eigenvalue weighted by atomic mass is 9.91. The number of carbonyl (C=O) groups excluding carboxylic acids is 2. The summed E-state index contributed by atoms with van der Waals surface area (Å²) in [7, 11) is 1.44. The van der Waals surface area contributed by atoms with E-state index in [-0.39, 0.29) is 18.1 Å². The number of aromatic hydroxyl groups is 1. The molecule has 2 aromatic rings. The zero-order valence-corrected chi connectivity index (χ0v) is 17.5. The number of methoxy groups -OCH3 is 1. The Morgan fingerprint density at radius 3 is 2.77 bits per heavy atom. The number of rotatable bonds is 4. The predicted molar refractivity (Wildman–Crippen MR) is 114 cm³/mol. The smallest absolute Gasteiger partial charge is 0.321 e. The number of fused-ring (bicyclic) bond motifs is 1. The lowest BCUT2D eigenvalue weighted by Gasteiger charge is -2.36. The van der Waals surface area contributed by atoms with Crippen LogP contribution < -0.4 is 10.1 Å². The third kappa shape index (κ3) is 4.05. The fraction of sp³-hybridized carbons (Fsp3) is 0.348. The molecule has 0 unspecified atom stereocenters. The largest absolute Gasteiger partial charge is 0.504 e. The van der Waals surface area contributed by atoms with Crippen molar-refractivity contribution in [3.63, 3.8) is 0 Å². The maximum atomic E-state index is 13.0. The summed E-state index contributed by atoms with van der Waals surface area (Å²) in [6.07, 6.45) is 0.837. The van der Waals surface area contributed by atoms with E-state index in [2.05, 4.69) is 17.4 Å². The lowest BCUT2D eigenvalue weighted by molar-refractivity contribution is -0.153. The van der Waals surface area contributed by atoms with Gasteiger partial charge in [-0.15, -0.1) is 0 Å². The summed E-state index contributed by atoms with van der Waals surface area (Å²) in [5, 5.41) is 12.8. The van der Waals surface area contributed by atoms with Gasteiger partial charge < -0.3 is 19.5 Å². The number of nitrogens with one attached hydrogen (secondary N) is 1. The van der Waals surface area contributed by atoms with Gasteiger partial charge in [0.05, 0.1) is 13.7 Å². The monoisotopic (exact) mass is 423 g/mol. The van der Waals surface area contributed by atoms with Crippen LogP contribution in [0, 0.1) is 5.92 Å². The van der Waals surface area contributed by atoms with E-state index in [0.717, 1.165) is 6.42 Å². The number of hydrogen-bond donors (Lipinski definition) is 2. The summed E-state index contributed by atoms with van der Waals surface area (Å²) in [5.74, 6) is -1.58. The van der Waals surface area contributed by atoms with Gasteiger partial charge >= 0.3 is 5.97 Å². The van der Waals surface area contributed by atoms with Gasteiger partial charge in [-0.1, -0.05) is 30.3 Å². The average molecular weight is 423 g/mol. The van der Waals surface area contributed by atoms with E-state index in [0.29, 0.717) is 24.6 Å². The number of esters is 1. The van der Waals surface area contributed by atoms with Crippen molar-refractivity contribution in [2.24, 2.45) is 10.9 Å². The SMILES string of the molecule is CCOC(=O)[C@H]1C(=O)NC(N2CCc3ccccc3C2)=N[C@@H]1c1ccc(O)c(OC)c1. The molecule has 4 rings (SSSR count). The van der Waals surface area contributed by atoms with Crippen molar-refractivity contribution in [3.05, 3.63) is 59.2 Å². The van der Waals surface area contributed by atoms with Gasteiger partial charge in [0.1, 0.15) is 6.04 Å². The van der Waals surface area contributed by atoms with Crippen LogP contribution in [0.3, 0.4) is 0 Å². The molecule has 2 N–H and O–H groups in total. The minimum absolute atomic E-state index is 0.0314. The van der Waals surface area contributed by atoms with Crippen LogP contribution in [0.15, 0.2) is 47.5 Å². The van der Waals surface area contributed by atoms with E-state index in [1.54, 1.807) is 19.1 Å². The number of hydrogen-bond acceptors (Lipinski definition) is 7. The highest BCUT2D eigenvalue weighted by Gasteiger charge is 2.42. The molecular formula is C23H25N3O5. The Morgan fingerprint density at radius 1 is 1.26 bits per heavy atom. The highest BCUT2D eigenvalue weighted by atomic mass is 16.5. The molecular weight excluding hydrogens is 398 g/mol. The highest BCUT2D eigenvalue weighted by Crippen LogP contribution is 2.36. The van der Waals surface area contributed by atoms with Crippen molar-refractivity contribution in [1.82, 2.24) is 10.2 Å². The third-order valence-electron chi connectivity index (χ3n) is 5.61. The average Bonchev–Trinajstić information content (AvgIpc) is 2.78. The highest BCUT2D eigenvalue weighted by molar-refractivity contribution is 6.08. The van der Waals surface area contributed by atoms with Gasteiger partial charge in [0, 0.05) is 13.1 Å². The second-order valence-corrected chi connectivity index (χ2v) is 7.49. The normalized spacial score (nSPS) is 20.4. The standard InChI is InChI=1S/C23H25N3O5/c1-3-31-22(29)19-20(15-8-9-17(27)18(12-15)30-2)24-23(25-21(19)28)26-11-10-14-6-4-5-7-16(14)13-26/h4-9,12,19-20,27H,3,10-11,13H2,1-2H3,(H,24,25,28)/t19-,20-/m1/s1. The molecule has 0 bridgehead atoms. The maximum Gasteiger partial charge on any atom is 0.321 e. The van der Waals surface area contributed by atoms with E-state index in [4.69, 9.17) is 14.5 Å². The van der Waals surface area contributed by atoms with Crippen molar-refractivity contribution in [1.29, 1.82) is 0 Å². The Balaban J connectivity index is 1.72. The molecule has 2 heterocycles. The van der Waals surface area contributed by atoms with E-state index in [1.165, 1.54) is 24.3 Å². The zero-order chi connectivity index (χ0) is 22.0. The van der Waals surface area contributed by atoms with E-state index < -0.39 is 23.8 Å². The Bertz CT molecular complexity index is 1040. The van der Waals surface area contributed by atoms with Crippen molar-refractivity contribution >= 4 is 17.8 Å². The van der Waals surface area contributed by atoms with Gasteiger partial charge in [-0.05, 0) is 42.2 Å². The molecule has 0 aromatic heterocycles. The molecule has 2 aliphatic heterocycles. The van der Waals surface area contributed by atoms with Gasteiger partial charge in [0.15, 0.2) is 17.4 Å². The summed E-state index contributed by atoms with van der Waals surface area (Å²) >= 11 is 0. The zero-order valence-electron chi connectivity index (χ0n) is 17.5. The minimum Gasteiger partial charge on any atom is -0.504 e. The predicted octanol–water partition coefficient (Wildman–Crippen LogP) is 2.17. The number of carbonyl (C=O) groups is 2. The molecule has 0 spiro atoms. The first-order valence-electron chi connectivity index (χ1n) is 10.3. The summed E-state index contributed by atoms with van der Waals surface area (Å²) in [4.78, 5) is 32.4. The molecule has 0 radical (unpaired) electrons. The number of aliphatic imine (C=N–C) groups is 1. The van der Waals surface area contributed by atoms with Gasteiger partial charge in [-0.2, -0.15) is 0 Å².